The second-order valence-electron chi connectivity index (χ2n) is 7.23. The number of aryl methyl sites for hydroxylation is 1. The van der Waals surface area contributed by atoms with Crippen LogP contribution in [0.25, 0.3) is 0 Å². The summed E-state index contributed by atoms with van der Waals surface area (Å²) in [6, 6.07) is 9.89. The molecule has 0 atom stereocenters. The highest BCUT2D eigenvalue weighted by atomic mass is 16.5. The molecule has 0 saturated carbocycles. The number of nitrogens with one attached hydrogen (secondary N) is 2. The third-order valence-electron chi connectivity index (χ3n) is 4.89. The highest BCUT2D eigenvalue weighted by Gasteiger charge is 2.23. The van der Waals surface area contributed by atoms with Gasteiger partial charge in [-0.1, -0.05) is 12.1 Å². The number of amides is 1. The first-order chi connectivity index (χ1) is 14.3. The van der Waals surface area contributed by atoms with Crippen LogP contribution in [0.5, 0.6) is 0 Å². The number of H-pyrrole nitrogens is 1. The largest absolute Gasteiger partial charge is 0.462 e. The molecule has 158 valence electrons. The normalized spacial score (nSPS) is 10.7. The molecule has 30 heavy (non-hydrogen) atoms. The average Bonchev–Trinajstić information content (AvgIpc) is 3.25. The number of ether oxygens (including phenoxy) is 1. The third kappa shape index (κ3) is 4.37. The van der Waals surface area contributed by atoms with E-state index in [0.29, 0.717) is 34.9 Å². The first kappa shape index (κ1) is 21.2. The molecule has 3 rings (SSSR count). The van der Waals surface area contributed by atoms with Gasteiger partial charge in [-0.15, -0.1) is 0 Å². The van der Waals surface area contributed by atoms with Crippen molar-refractivity contribution in [3.05, 3.63) is 64.6 Å². The second-order valence-corrected chi connectivity index (χ2v) is 7.23. The molecule has 1 aromatic carbocycles. The third-order valence-corrected chi connectivity index (χ3v) is 4.89. The molecular formula is C22H27N5O3. The maximum absolute atomic E-state index is 12.9. The maximum atomic E-state index is 12.9. The van der Waals surface area contributed by atoms with E-state index in [1.807, 2.05) is 43.3 Å². The van der Waals surface area contributed by atoms with Crippen LogP contribution in [0.15, 0.2) is 36.5 Å². The number of carbonyl (C=O) groups excluding carboxylic acids is 2. The van der Waals surface area contributed by atoms with E-state index in [4.69, 9.17) is 4.74 Å². The van der Waals surface area contributed by atoms with Gasteiger partial charge in [0, 0.05) is 31.5 Å². The lowest BCUT2D eigenvalue weighted by Crippen LogP contribution is -2.17. The molecule has 2 N–H and O–H groups in total. The van der Waals surface area contributed by atoms with Crippen molar-refractivity contribution in [3.63, 3.8) is 0 Å². The summed E-state index contributed by atoms with van der Waals surface area (Å²) in [5.74, 6) is -0.203. The summed E-state index contributed by atoms with van der Waals surface area (Å²) in [7, 11) is 3.99. The zero-order valence-corrected chi connectivity index (χ0v) is 17.9. The van der Waals surface area contributed by atoms with Gasteiger partial charge < -0.3 is 19.9 Å². The lowest BCUT2D eigenvalue weighted by molar-refractivity contribution is 0.0525. The van der Waals surface area contributed by atoms with E-state index >= 15 is 0 Å². The quantitative estimate of drug-likeness (QED) is 0.584. The molecule has 3 aromatic rings. The van der Waals surface area contributed by atoms with Crippen molar-refractivity contribution in [2.45, 2.75) is 27.3 Å². The van der Waals surface area contributed by atoms with Gasteiger partial charge in [0.2, 0.25) is 0 Å². The summed E-state index contributed by atoms with van der Waals surface area (Å²) in [5, 5.41) is 7.20. The van der Waals surface area contributed by atoms with Crippen molar-refractivity contribution in [2.75, 3.05) is 30.9 Å². The number of benzene rings is 1. The van der Waals surface area contributed by atoms with Gasteiger partial charge in [-0.05, 0) is 44.0 Å². The average molecular weight is 409 g/mol. The Bertz CT molecular complexity index is 1050. The van der Waals surface area contributed by atoms with E-state index in [-0.39, 0.29) is 12.5 Å². The number of aromatic nitrogens is 3. The lowest BCUT2D eigenvalue weighted by Gasteiger charge is -2.13. The van der Waals surface area contributed by atoms with Crippen LogP contribution in [0, 0.1) is 13.8 Å². The molecule has 8 heteroatoms. The minimum absolute atomic E-state index is 0.277. The molecule has 1 amide bonds. The summed E-state index contributed by atoms with van der Waals surface area (Å²) >= 11 is 0. The van der Waals surface area contributed by atoms with E-state index in [2.05, 4.69) is 15.4 Å². The van der Waals surface area contributed by atoms with Crippen molar-refractivity contribution < 1.29 is 14.3 Å². The molecule has 0 aliphatic carbocycles. The molecule has 2 heterocycles. The van der Waals surface area contributed by atoms with Crippen LogP contribution in [0.1, 0.15) is 44.6 Å². The first-order valence-electron chi connectivity index (χ1n) is 9.77. The number of anilines is 2. The van der Waals surface area contributed by atoms with Gasteiger partial charge in [0.25, 0.3) is 5.91 Å². The van der Waals surface area contributed by atoms with E-state index in [1.165, 1.54) is 0 Å². The van der Waals surface area contributed by atoms with E-state index in [9.17, 15) is 9.59 Å². The summed E-state index contributed by atoms with van der Waals surface area (Å²) in [6.45, 7) is 6.02. The summed E-state index contributed by atoms with van der Waals surface area (Å²) in [5.41, 5.74) is 4.08. The molecule has 0 radical (unpaired) electrons. The fraction of sp³-hybridized carbons (Fsp3) is 0.318. The Morgan fingerprint density at radius 3 is 2.50 bits per heavy atom. The van der Waals surface area contributed by atoms with Crippen molar-refractivity contribution in [2.24, 2.45) is 0 Å². The summed E-state index contributed by atoms with van der Waals surface area (Å²) in [6.07, 6.45) is 1.64. The topological polar surface area (TPSA) is 92.2 Å². The monoisotopic (exact) mass is 409 g/mol. The zero-order valence-electron chi connectivity index (χ0n) is 17.9. The highest BCUT2D eigenvalue weighted by Crippen LogP contribution is 2.21. The Labute approximate surface area is 175 Å². The molecule has 0 aliphatic rings. The minimum atomic E-state index is -0.436. The van der Waals surface area contributed by atoms with Crippen LogP contribution < -0.4 is 10.2 Å². The van der Waals surface area contributed by atoms with Crippen LogP contribution >= 0.6 is 0 Å². The highest BCUT2D eigenvalue weighted by molar-refractivity contribution is 6.06. The predicted octanol–water partition coefficient (Wildman–Crippen LogP) is 3.37. The van der Waals surface area contributed by atoms with Gasteiger partial charge in [-0.3, -0.25) is 4.79 Å². The standard InChI is InChI=1S/C22H27N5O3/c1-6-30-22(29)19-14(2)20(24-15(19)3)21(28)25-18-11-12-23-27(18)13-16-7-9-17(10-8-16)26(4)5/h7-12,24H,6,13H2,1-5H3,(H,25,28). The van der Waals surface area contributed by atoms with E-state index < -0.39 is 5.97 Å². The smallest absolute Gasteiger partial charge is 0.340 e. The Morgan fingerprint density at radius 1 is 1.17 bits per heavy atom. The Balaban J connectivity index is 1.77. The Morgan fingerprint density at radius 2 is 1.87 bits per heavy atom. The van der Waals surface area contributed by atoms with Crippen LogP contribution in [0.3, 0.4) is 0 Å². The van der Waals surface area contributed by atoms with Crippen LogP contribution in [-0.4, -0.2) is 47.3 Å². The molecule has 2 aromatic heterocycles. The minimum Gasteiger partial charge on any atom is -0.462 e. The molecule has 0 bridgehead atoms. The Hall–Kier alpha value is -3.55. The number of esters is 1. The van der Waals surface area contributed by atoms with Gasteiger partial charge in [-0.2, -0.15) is 5.10 Å². The number of hydrogen-bond acceptors (Lipinski definition) is 5. The summed E-state index contributed by atoms with van der Waals surface area (Å²) < 4.78 is 6.81. The van der Waals surface area contributed by atoms with Gasteiger partial charge in [-0.25, -0.2) is 9.48 Å². The zero-order chi connectivity index (χ0) is 21.8. The maximum Gasteiger partial charge on any atom is 0.340 e. The Kier molecular flexibility index (Phi) is 6.25. The molecule has 0 saturated heterocycles. The van der Waals surface area contributed by atoms with Crippen molar-refractivity contribution in [1.82, 2.24) is 14.8 Å². The van der Waals surface area contributed by atoms with Crippen LogP contribution in [0.4, 0.5) is 11.5 Å². The van der Waals surface area contributed by atoms with Gasteiger partial charge in [0.05, 0.1) is 24.9 Å². The lowest BCUT2D eigenvalue weighted by atomic mass is 10.1. The number of rotatable bonds is 7. The SMILES string of the molecule is CCOC(=O)c1c(C)[nH]c(C(=O)Nc2ccnn2Cc2ccc(N(C)C)cc2)c1C. The van der Waals surface area contributed by atoms with Crippen LogP contribution in [-0.2, 0) is 11.3 Å². The number of carbonyl (C=O) groups is 2. The van der Waals surface area contributed by atoms with Gasteiger partial charge >= 0.3 is 5.97 Å². The second kappa shape index (κ2) is 8.86. The molecular weight excluding hydrogens is 382 g/mol. The number of hydrogen-bond donors (Lipinski definition) is 2. The van der Waals surface area contributed by atoms with Gasteiger partial charge in [0.1, 0.15) is 11.5 Å². The first-order valence-corrected chi connectivity index (χ1v) is 9.77. The van der Waals surface area contributed by atoms with Crippen molar-refractivity contribution in [3.8, 4) is 0 Å². The molecule has 0 aliphatic heterocycles. The fourth-order valence-electron chi connectivity index (χ4n) is 3.30. The molecule has 0 spiro atoms. The van der Waals surface area contributed by atoms with Crippen molar-refractivity contribution in [1.29, 1.82) is 0 Å². The molecule has 0 fully saturated rings. The fourth-order valence-corrected chi connectivity index (χ4v) is 3.30. The van der Waals surface area contributed by atoms with E-state index in [0.717, 1.165) is 11.3 Å². The van der Waals surface area contributed by atoms with Crippen LogP contribution in [0.2, 0.25) is 0 Å². The van der Waals surface area contributed by atoms with E-state index in [1.54, 1.807) is 37.7 Å². The predicted molar refractivity (Wildman–Crippen MR) is 116 cm³/mol. The number of aromatic amines is 1. The molecule has 0 unspecified atom stereocenters. The summed E-state index contributed by atoms with van der Waals surface area (Å²) in [4.78, 5) is 30.1. The number of nitrogens with zero attached hydrogens (tertiary/aromatic N) is 3. The van der Waals surface area contributed by atoms with Crippen molar-refractivity contribution >= 4 is 23.4 Å². The van der Waals surface area contributed by atoms with Gasteiger partial charge in [0.15, 0.2) is 0 Å². The molecule has 8 nitrogen and oxygen atoms in total.